The van der Waals surface area contributed by atoms with Gasteiger partial charge in [0.2, 0.25) is 0 Å². The van der Waals surface area contributed by atoms with Crippen LogP contribution in [-0.2, 0) is 0 Å². The number of rotatable bonds is 1. The zero-order chi connectivity index (χ0) is 10.7. The second kappa shape index (κ2) is 2.73. The molecular formula is C12H23NO. The highest BCUT2D eigenvalue weighted by Gasteiger charge is 2.66. The molecule has 1 N–H and O–H groups in total. The third-order valence-electron chi connectivity index (χ3n) is 5.36. The van der Waals surface area contributed by atoms with E-state index in [1.54, 1.807) is 0 Å². The predicted octanol–water partition coefficient (Wildman–Crippen LogP) is 1.73. The molecule has 0 aliphatic heterocycles. The lowest BCUT2D eigenvalue weighted by Crippen LogP contribution is -2.46. The van der Waals surface area contributed by atoms with E-state index in [9.17, 15) is 5.11 Å². The smallest absolute Gasteiger partial charge is 0.0756 e. The van der Waals surface area contributed by atoms with E-state index in [0.29, 0.717) is 17.4 Å². The molecule has 2 nitrogen and oxygen atoms in total. The summed E-state index contributed by atoms with van der Waals surface area (Å²) in [7, 11) is 4.18. The molecule has 14 heavy (non-hydrogen) atoms. The van der Waals surface area contributed by atoms with Gasteiger partial charge in [0.25, 0.3) is 0 Å². The molecule has 82 valence electrons. The summed E-state index contributed by atoms with van der Waals surface area (Å²) in [6.07, 6.45) is 2.32. The summed E-state index contributed by atoms with van der Waals surface area (Å²) >= 11 is 0. The van der Waals surface area contributed by atoms with Crippen molar-refractivity contribution in [2.45, 2.75) is 45.8 Å². The van der Waals surface area contributed by atoms with Crippen molar-refractivity contribution in [2.75, 3.05) is 14.1 Å². The number of hydrogen-bond acceptors (Lipinski definition) is 2. The van der Waals surface area contributed by atoms with Crippen LogP contribution in [0.5, 0.6) is 0 Å². The molecule has 0 spiro atoms. The van der Waals surface area contributed by atoms with E-state index in [4.69, 9.17) is 0 Å². The molecule has 2 saturated carbocycles. The largest absolute Gasteiger partial charge is 0.391 e. The van der Waals surface area contributed by atoms with Gasteiger partial charge >= 0.3 is 0 Å². The number of aliphatic hydroxyl groups excluding tert-OH is 1. The molecule has 0 saturated heterocycles. The summed E-state index contributed by atoms with van der Waals surface area (Å²) in [5, 5.41) is 10.4. The fourth-order valence-corrected chi connectivity index (χ4v) is 3.93. The molecule has 0 aromatic heterocycles. The summed E-state index contributed by atoms with van der Waals surface area (Å²) < 4.78 is 0. The van der Waals surface area contributed by atoms with Gasteiger partial charge in [-0.3, -0.25) is 0 Å². The van der Waals surface area contributed by atoms with Gasteiger partial charge in [-0.05, 0) is 38.3 Å². The maximum absolute atomic E-state index is 10.4. The van der Waals surface area contributed by atoms with Crippen LogP contribution in [0.15, 0.2) is 0 Å². The van der Waals surface area contributed by atoms with E-state index in [-0.39, 0.29) is 11.5 Å². The van der Waals surface area contributed by atoms with Crippen LogP contribution in [0.2, 0.25) is 0 Å². The van der Waals surface area contributed by atoms with Crippen LogP contribution in [0.1, 0.15) is 33.6 Å². The van der Waals surface area contributed by atoms with Gasteiger partial charge in [0.05, 0.1) is 6.10 Å². The quantitative estimate of drug-likeness (QED) is 0.692. The molecule has 0 radical (unpaired) electrons. The maximum Gasteiger partial charge on any atom is 0.0756 e. The van der Waals surface area contributed by atoms with Crippen molar-refractivity contribution in [3.05, 3.63) is 0 Å². The lowest BCUT2D eigenvalue weighted by Gasteiger charge is -2.38. The van der Waals surface area contributed by atoms with E-state index in [2.05, 4.69) is 39.8 Å². The van der Waals surface area contributed by atoms with Crippen LogP contribution in [0.25, 0.3) is 0 Å². The summed E-state index contributed by atoms with van der Waals surface area (Å²) in [4.78, 5) is 2.21. The van der Waals surface area contributed by atoms with Crippen LogP contribution in [0.3, 0.4) is 0 Å². The number of hydrogen-bond donors (Lipinski definition) is 1. The first-order valence-corrected chi connectivity index (χ1v) is 5.67. The van der Waals surface area contributed by atoms with Crippen LogP contribution in [-0.4, -0.2) is 36.2 Å². The predicted molar refractivity (Wildman–Crippen MR) is 58.1 cm³/mol. The zero-order valence-electron chi connectivity index (χ0n) is 10.0. The Morgan fingerprint density at radius 2 is 1.79 bits per heavy atom. The van der Waals surface area contributed by atoms with Gasteiger partial charge in [0, 0.05) is 11.5 Å². The second-order valence-electron chi connectivity index (χ2n) is 6.18. The number of aliphatic hydroxyl groups is 1. The van der Waals surface area contributed by atoms with Crippen molar-refractivity contribution in [2.24, 2.45) is 16.7 Å². The fourth-order valence-electron chi connectivity index (χ4n) is 3.93. The Labute approximate surface area is 87.3 Å². The minimum Gasteiger partial charge on any atom is -0.391 e. The van der Waals surface area contributed by atoms with Gasteiger partial charge < -0.3 is 10.0 Å². The second-order valence-corrected chi connectivity index (χ2v) is 6.18. The van der Waals surface area contributed by atoms with Gasteiger partial charge in [-0.1, -0.05) is 20.8 Å². The van der Waals surface area contributed by atoms with E-state index in [0.717, 1.165) is 0 Å². The van der Waals surface area contributed by atoms with Gasteiger partial charge in [-0.15, -0.1) is 0 Å². The van der Waals surface area contributed by atoms with Crippen molar-refractivity contribution in [3.8, 4) is 0 Å². The average Bonchev–Trinajstić information content (AvgIpc) is 2.35. The Kier molecular flexibility index (Phi) is 2.04. The first kappa shape index (κ1) is 10.4. The van der Waals surface area contributed by atoms with Crippen LogP contribution in [0.4, 0.5) is 0 Å². The molecule has 0 amide bonds. The Morgan fingerprint density at radius 1 is 1.21 bits per heavy atom. The fraction of sp³-hybridized carbons (Fsp3) is 1.00. The molecule has 0 heterocycles. The van der Waals surface area contributed by atoms with E-state index < -0.39 is 0 Å². The minimum absolute atomic E-state index is 0.132. The molecule has 2 heteroatoms. The highest BCUT2D eigenvalue weighted by molar-refractivity contribution is 5.16. The van der Waals surface area contributed by atoms with Crippen molar-refractivity contribution in [3.63, 3.8) is 0 Å². The molecule has 0 aromatic carbocycles. The zero-order valence-corrected chi connectivity index (χ0v) is 10.0. The molecule has 2 aliphatic rings. The SMILES string of the molecule is CN(C)[C@@H]1[C@H]2CC[C@](C)([C@@H]1O)C2(C)C. The first-order valence-electron chi connectivity index (χ1n) is 5.67. The molecule has 4 atom stereocenters. The molecule has 2 rings (SSSR count). The van der Waals surface area contributed by atoms with Crippen LogP contribution >= 0.6 is 0 Å². The number of fused-ring (bicyclic) bond motifs is 2. The van der Waals surface area contributed by atoms with E-state index in [1.807, 2.05) is 0 Å². The van der Waals surface area contributed by atoms with Gasteiger partial charge in [-0.2, -0.15) is 0 Å². The van der Waals surface area contributed by atoms with Crippen LogP contribution < -0.4 is 0 Å². The van der Waals surface area contributed by atoms with E-state index in [1.165, 1.54) is 12.8 Å². The number of nitrogens with zero attached hydrogens (tertiary/aromatic N) is 1. The van der Waals surface area contributed by atoms with Crippen molar-refractivity contribution in [1.82, 2.24) is 4.90 Å². The monoisotopic (exact) mass is 197 g/mol. The Balaban J connectivity index is 2.39. The highest BCUT2D eigenvalue weighted by atomic mass is 16.3. The lowest BCUT2D eigenvalue weighted by atomic mass is 9.70. The van der Waals surface area contributed by atoms with Crippen molar-refractivity contribution in [1.29, 1.82) is 0 Å². The normalized spacial score (nSPS) is 50.4. The van der Waals surface area contributed by atoms with Crippen LogP contribution in [0, 0.1) is 16.7 Å². The average molecular weight is 197 g/mol. The summed E-state index contributed by atoms with van der Waals surface area (Å²) in [5.74, 6) is 0.664. The van der Waals surface area contributed by atoms with E-state index >= 15 is 0 Å². The lowest BCUT2D eigenvalue weighted by molar-refractivity contribution is -0.0195. The van der Waals surface area contributed by atoms with Crippen molar-refractivity contribution < 1.29 is 5.11 Å². The topological polar surface area (TPSA) is 23.5 Å². The van der Waals surface area contributed by atoms with Gasteiger partial charge in [0.1, 0.15) is 0 Å². The molecule has 2 aliphatic carbocycles. The summed E-state index contributed by atoms with van der Waals surface area (Å²) in [6.45, 7) is 6.93. The Bertz CT molecular complexity index is 249. The first-order chi connectivity index (χ1) is 6.32. The standard InChI is InChI=1S/C12H23NO/c1-11(2)8-6-7-12(11,3)10(14)9(8)13(4)5/h8-10,14H,6-7H2,1-5H3/t8-,9-,10-,12-/m1/s1. The van der Waals surface area contributed by atoms with Gasteiger partial charge in [0.15, 0.2) is 0 Å². The molecular weight excluding hydrogens is 174 g/mol. The summed E-state index contributed by atoms with van der Waals surface area (Å²) in [5.41, 5.74) is 0.425. The van der Waals surface area contributed by atoms with Crippen molar-refractivity contribution >= 4 is 0 Å². The Morgan fingerprint density at radius 3 is 2.07 bits per heavy atom. The summed E-state index contributed by atoms with van der Waals surface area (Å²) in [6, 6.07) is 0.365. The molecule has 2 bridgehead atoms. The number of likely N-dealkylation sites (N-methyl/N-ethyl adjacent to an activating group) is 1. The molecule has 0 aromatic rings. The third-order valence-corrected chi connectivity index (χ3v) is 5.36. The molecule has 0 unspecified atom stereocenters. The third kappa shape index (κ3) is 0.938. The molecule has 2 fully saturated rings. The van der Waals surface area contributed by atoms with Gasteiger partial charge in [-0.25, -0.2) is 0 Å². The Hall–Kier alpha value is -0.0800. The maximum atomic E-state index is 10.4. The minimum atomic E-state index is -0.147. The highest BCUT2D eigenvalue weighted by Crippen LogP contribution is 2.66.